The van der Waals surface area contributed by atoms with Gasteiger partial charge in [0.15, 0.2) is 5.96 Å². The first-order valence-corrected chi connectivity index (χ1v) is 10.7. The molecule has 1 aliphatic heterocycles. The third kappa shape index (κ3) is 6.96. The zero-order valence-electron chi connectivity index (χ0n) is 17.2. The zero-order valence-corrected chi connectivity index (χ0v) is 17.2. The van der Waals surface area contributed by atoms with Crippen molar-refractivity contribution in [2.75, 3.05) is 26.2 Å². The molecule has 8 nitrogen and oxygen atoms in total. The second-order valence-corrected chi connectivity index (χ2v) is 8.47. The third-order valence-corrected chi connectivity index (χ3v) is 6.21. The topological polar surface area (TPSA) is 140 Å². The zero-order chi connectivity index (χ0) is 20.5. The van der Waals surface area contributed by atoms with E-state index in [9.17, 15) is 9.59 Å². The predicted octanol–water partition coefficient (Wildman–Crippen LogP) is 0.548. The average Bonchev–Trinajstić information content (AvgIpc) is 2.70. The summed E-state index contributed by atoms with van der Waals surface area (Å²) in [6, 6.07) is -0.498. The number of hydrogen-bond donors (Lipinski definition) is 4. The number of rotatable bonds is 8. The second kappa shape index (κ2) is 11.2. The highest BCUT2D eigenvalue weighted by Crippen LogP contribution is 2.28. The summed E-state index contributed by atoms with van der Waals surface area (Å²) in [5, 5.41) is 3.04. The van der Waals surface area contributed by atoms with E-state index in [1.54, 1.807) is 0 Å². The number of likely N-dealkylation sites (tertiary alicyclic amines) is 1. The monoisotopic (exact) mass is 394 g/mol. The summed E-state index contributed by atoms with van der Waals surface area (Å²) in [5.41, 5.74) is 16.5. The van der Waals surface area contributed by atoms with Gasteiger partial charge in [0.2, 0.25) is 11.8 Å². The van der Waals surface area contributed by atoms with E-state index in [2.05, 4.69) is 17.2 Å². The number of aliphatic imine (C=N–C) groups is 1. The predicted molar refractivity (Wildman–Crippen MR) is 111 cm³/mol. The lowest BCUT2D eigenvalue weighted by Crippen LogP contribution is -2.52. The fraction of sp³-hybridized carbons (Fsp3) is 0.850. The Kier molecular flexibility index (Phi) is 9.02. The molecule has 0 aromatic carbocycles. The van der Waals surface area contributed by atoms with Gasteiger partial charge in [-0.05, 0) is 69.7 Å². The molecular weight excluding hydrogens is 356 g/mol. The Morgan fingerprint density at radius 1 is 1.11 bits per heavy atom. The number of amides is 2. The second-order valence-electron chi connectivity index (χ2n) is 8.47. The van der Waals surface area contributed by atoms with Crippen molar-refractivity contribution >= 4 is 17.8 Å². The Morgan fingerprint density at radius 3 is 2.32 bits per heavy atom. The molecular formula is C20H38N6O2. The molecule has 0 bridgehead atoms. The number of nitrogens with zero attached hydrogens (tertiary/aromatic N) is 2. The minimum absolute atomic E-state index is 0.000962. The molecule has 0 aromatic heterocycles. The van der Waals surface area contributed by atoms with Crippen LogP contribution >= 0.6 is 0 Å². The Morgan fingerprint density at radius 2 is 1.75 bits per heavy atom. The van der Waals surface area contributed by atoms with E-state index in [0.717, 1.165) is 51.6 Å². The van der Waals surface area contributed by atoms with Gasteiger partial charge in [0.1, 0.15) is 6.04 Å². The fourth-order valence-corrected chi connectivity index (χ4v) is 4.16. The molecule has 1 saturated heterocycles. The Hall–Kier alpha value is -1.83. The number of carbonyl (C=O) groups excluding carboxylic acids is 2. The molecule has 0 radical (unpaired) electrons. The van der Waals surface area contributed by atoms with Gasteiger partial charge in [-0.25, -0.2) is 0 Å². The largest absolute Gasteiger partial charge is 0.370 e. The molecule has 1 atom stereocenters. The smallest absolute Gasteiger partial charge is 0.245 e. The van der Waals surface area contributed by atoms with Crippen LogP contribution < -0.4 is 22.5 Å². The van der Waals surface area contributed by atoms with Crippen LogP contribution in [0.2, 0.25) is 0 Å². The maximum Gasteiger partial charge on any atom is 0.245 e. The molecule has 2 rings (SSSR count). The molecule has 28 heavy (non-hydrogen) atoms. The van der Waals surface area contributed by atoms with E-state index in [0.29, 0.717) is 37.8 Å². The number of hydrogen-bond acceptors (Lipinski definition) is 4. The van der Waals surface area contributed by atoms with Crippen LogP contribution in [0.5, 0.6) is 0 Å². The molecule has 160 valence electrons. The fourth-order valence-electron chi connectivity index (χ4n) is 4.16. The van der Waals surface area contributed by atoms with E-state index in [1.807, 2.05) is 4.90 Å². The van der Waals surface area contributed by atoms with Gasteiger partial charge < -0.3 is 27.4 Å². The third-order valence-electron chi connectivity index (χ3n) is 6.21. The van der Waals surface area contributed by atoms with Crippen molar-refractivity contribution in [2.45, 2.75) is 64.3 Å². The van der Waals surface area contributed by atoms with Crippen molar-refractivity contribution in [3.05, 3.63) is 0 Å². The molecule has 0 spiro atoms. The normalized spacial score (nSPS) is 24.4. The van der Waals surface area contributed by atoms with Crippen molar-refractivity contribution in [3.8, 4) is 0 Å². The Balaban J connectivity index is 1.93. The van der Waals surface area contributed by atoms with Crippen molar-refractivity contribution in [2.24, 2.45) is 39.9 Å². The quantitative estimate of drug-likeness (QED) is 0.270. The molecule has 0 aromatic rings. The molecule has 2 fully saturated rings. The number of nitrogens with two attached hydrogens (primary N) is 3. The first-order chi connectivity index (χ1) is 13.4. The number of piperidine rings is 1. The highest BCUT2D eigenvalue weighted by Gasteiger charge is 2.31. The number of carbonyl (C=O) groups is 2. The van der Waals surface area contributed by atoms with Gasteiger partial charge in [-0.15, -0.1) is 0 Å². The standard InChI is InChI=1S/C20H38N6O2/c1-14-8-11-26(12-9-14)19(28)17(3-2-10-24-20(22)23)25-18(27)16-6-4-15(13-21)5-7-16/h14-17H,2-13,21H2,1H3,(H,25,27)(H4,22,23,24)/t15?,16?,17-/m0/s1. The van der Waals surface area contributed by atoms with Crippen LogP contribution in [-0.2, 0) is 9.59 Å². The van der Waals surface area contributed by atoms with Crippen molar-refractivity contribution < 1.29 is 9.59 Å². The van der Waals surface area contributed by atoms with Crippen LogP contribution in [0.25, 0.3) is 0 Å². The lowest BCUT2D eigenvalue weighted by molar-refractivity contribution is -0.139. The molecule has 2 amide bonds. The van der Waals surface area contributed by atoms with Gasteiger partial charge in [0, 0.05) is 25.6 Å². The Bertz CT molecular complexity index is 533. The van der Waals surface area contributed by atoms with Crippen LogP contribution in [0.4, 0.5) is 0 Å². The number of nitrogens with one attached hydrogen (secondary N) is 1. The van der Waals surface area contributed by atoms with Gasteiger partial charge in [0.25, 0.3) is 0 Å². The molecule has 1 aliphatic carbocycles. The summed E-state index contributed by atoms with van der Waals surface area (Å²) in [5.74, 6) is 1.24. The molecule has 1 saturated carbocycles. The lowest BCUT2D eigenvalue weighted by atomic mass is 9.81. The van der Waals surface area contributed by atoms with Gasteiger partial charge >= 0.3 is 0 Å². The van der Waals surface area contributed by atoms with E-state index in [1.165, 1.54) is 0 Å². The summed E-state index contributed by atoms with van der Waals surface area (Å²) in [7, 11) is 0. The van der Waals surface area contributed by atoms with Gasteiger partial charge in [-0.1, -0.05) is 6.92 Å². The first-order valence-electron chi connectivity index (χ1n) is 10.7. The van der Waals surface area contributed by atoms with Crippen LogP contribution in [-0.4, -0.2) is 54.9 Å². The lowest BCUT2D eigenvalue weighted by Gasteiger charge is -2.34. The summed E-state index contributed by atoms with van der Waals surface area (Å²) >= 11 is 0. The van der Waals surface area contributed by atoms with Crippen molar-refractivity contribution in [3.63, 3.8) is 0 Å². The van der Waals surface area contributed by atoms with Crippen LogP contribution in [0.3, 0.4) is 0 Å². The van der Waals surface area contributed by atoms with Crippen LogP contribution in [0.1, 0.15) is 58.3 Å². The molecule has 1 heterocycles. The van der Waals surface area contributed by atoms with E-state index < -0.39 is 6.04 Å². The summed E-state index contributed by atoms with van der Waals surface area (Å²) < 4.78 is 0. The minimum Gasteiger partial charge on any atom is -0.370 e. The summed E-state index contributed by atoms with van der Waals surface area (Å²) in [4.78, 5) is 31.7. The van der Waals surface area contributed by atoms with Gasteiger partial charge in [-0.2, -0.15) is 0 Å². The van der Waals surface area contributed by atoms with Gasteiger partial charge in [0.05, 0.1) is 0 Å². The first kappa shape index (κ1) is 22.5. The maximum atomic E-state index is 13.1. The van der Waals surface area contributed by atoms with E-state index in [4.69, 9.17) is 17.2 Å². The van der Waals surface area contributed by atoms with E-state index >= 15 is 0 Å². The highest BCUT2D eigenvalue weighted by atomic mass is 16.2. The summed E-state index contributed by atoms with van der Waals surface area (Å²) in [6.45, 7) is 4.89. The van der Waals surface area contributed by atoms with Gasteiger partial charge in [-0.3, -0.25) is 14.6 Å². The SMILES string of the molecule is CC1CCN(C(=O)[C@H](CCCN=C(N)N)NC(=O)C2CCC(CN)CC2)CC1. The minimum atomic E-state index is -0.498. The molecule has 0 unspecified atom stereocenters. The van der Waals surface area contributed by atoms with Crippen molar-refractivity contribution in [1.29, 1.82) is 0 Å². The molecule has 7 N–H and O–H groups in total. The molecule has 2 aliphatic rings. The van der Waals surface area contributed by atoms with Crippen LogP contribution in [0.15, 0.2) is 4.99 Å². The van der Waals surface area contributed by atoms with E-state index in [-0.39, 0.29) is 23.7 Å². The van der Waals surface area contributed by atoms with Crippen LogP contribution in [0, 0.1) is 17.8 Å². The Labute approximate surface area is 168 Å². The number of guanidine groups is 1. The highest BCUT2D eigenvalue weighted by molar-refractivity contribution is 5.88. The maximum absolute atomic E-state index is 13.1. The average molecular weight is 395 g/mol. The molecule has 8 heteroatoms. The van der Waals surface area contributed by atoms with Crippen molar-refractivity contribution in [1.82, 2.24) is 10.2 Å². The summed E-state index contributed by atoms with van der Waals surface area (Å²) in [6.07, 6.45) is 6.91.